The summed E-state index contributed by atoms with van der Waals surface area (Å²) in [6.45, 7) is 4.92. The van der Waals surface area contributed by atoms with Crippen LogP contribution in [-0.2, 0) is 11.5 Å². The molecule has 0 spiro atoms. The van der Waals surface area contributed by atoms with E-state index in [1.54, 1.807) is 12.1 Å². The SMILES string of the molecule is CNC(C)(C)c1ccc(C(C)(F)F)cc1. The van der Waals surface area contributed by atoms with Crippen molar-refractivity contribution in [1.29, 1.82) is 0 Å². The molecule has 0 atom stereocenters. The summed E-state index contributed by atoms with van der Waals surface area (Å²) in [6, 6.07) is 6.44. The van der Waals surface area contributed by atoms with Crippen LogP contribution in [0.15, 0.2) is 24.3 Å². The number of rotatable bonds is 3. The highest BCUT2D eigenvalue weighted by Gasteiger charge is 2.25. The summed E-state index contributed by atoms with van der Waals surface area (Å²) in [5.41, 5.74) is 0.859. The molecule has 0 amide bonds. The summed E-state index contributed by atoms with van der Waals surface area (Å²) < 4.78 is 25.9. The molecule has 0 saturated carbocycles. The van der Waals surface area contributed by atoms with Crippen molar-refractivity contribution < 1.29 is 8.78 Å². The maximum Gasteiger partial charge on any atom is 0.270 e. The van der Waals surface area contributed by atoms with Gasteiger partial charge in [0.25, 0.3) is 5.92 Å². The number of halogens is 2. The Morgan fingerprint density at radius 1 is 0.933 bits per heavy atom. The van der Waals surface area contributed by atoms with Gasteiger partial charge in [0.05, 0.1) is 0 Å². The molecule has 0 unspecified atom stereocenters. The topological polar surface area (TPSA) is 12.0 Å². The third-order valence-corrected chi connectivity index (χ3v) is 2.74. The van der Waals surface area contributed by atoms with Crippen LogP contribution < -0.4 is 5.32 Å². The normalized spacial score (nSPS) is 12.9. The summed E-state index contributed by atoms with van der Waals surface area (Å²) in [5, 5.41) is 3.13. The second kappa shape index (κ2) is 3.89. The van der Waals surface area contributed by atoms with Crippen LogP contribution in [0.2, 0.25) is 0 Å². The van der Waals surface area contributed by atoms with Crippen molar-refractivity contribution in [3.8, 4) is 0 Å². The first-order valence-electron chi connectivity index (χ1n) is 4.95. The predicted molar refractivity (Wildman–Crippen MR) is 58.1 cm³/mol. The zero-order chi connectivity index (χ0) is 11.7. The van der Waals surface area contributed by atoms with Crippen molar-refractivity contribution >= 4 is 0 Å². The average Bonchev–Trinajstić information content (AvgIpc) is 2.17. The van der Waals surface area contributed by atoms with E-state index in [0.717, 1.165) is 12.5 Å². The lowest BCUT2D eigenvalue weighted by molar-refractivity contribution is 0.0174. The van der Waals surface area contributed by atoms with Gasteiger partial charge in [-0.1, -0.05) is 24.3 Å². The molecule has 1 rings (SSSR count). The number of hydrogen-bond donors (Lipinski definition) is 1. The van der Waals surface area contributed by atoms with Gasteiger partial charge in [-0.15, -0.1) is 0 Å². The van der Waals surface area contributed by atoms with Crippen molar-refractivity contribution in [1.82, 2.24) is 5.32 Å². The maximum absolute atomic E-state index is 12.9. The predicted octanol–water partition coefficient (Wildman–Crippen LogP) is 3.25. The molecule has 1 N–H and O–H groups in total. The highest BCUT2D eigenvalue weighted by Crippen LogP contribution is 2.28. The molecule has 1 aromatic carbocycles. The molecule has 84 valence electrons. The fourth-order valence-electron chi connectivity index (χ4n) is 1.32. The van der Waals surface area contributed by atoms with Crippen LogP contribution in [0.3, 0.4) is 0 Å². The lowest BCUT2D eigenvalue weighted by Crippen LogP contribution is -2.33. The molecule has 0 radical (unpaired) electrons. The quantitative estimate of drug-likeness (QED) is 0.812. The maximum atomic E-state index is 12.9. The first kappa shape index (κ1) is 12.1. The van der Waals surface area contributed by atoms with Crippen molar-refractivity contribution in [2.45, 2.75) is 32.2 Å². The number of nitrogens with one attached hydrogen (secondary N) is 1. The number of benzene rings is 1. The van der Waals surface area contributed by atoms with E-state index < -0.39 is 5.92 Å². The second-order valence-corrected chi connectivity index (χ2v) is 4.34. The van der Waals surface area contributed by atoms with E-state index in [1.807, 2.05) is 20.9 Å². The van der Waals surface area contributed by atoms with Crippen LogP contribution in [0, 0.1) is 0 Å². The van der Waals surface area contributed by atoms with Gasteiger partial charge in [0, 0.05) is 18.0 Å². The molecule has 0 saturated heterocycles. The molecule has 1 nitrogen and oxygen atoms in total. The van der Waals surface area contributed by atoms with Crippen molar-refractivity contribution in [2.24, 2.45) is 0 Å². The number of alkyl halides is 2. The molecule has 0 fully saturated rings. The summed E-state index contributed by atoms with van der Waals surface area (Å²) >= 11 is 0. The van der Waals surface area contributed by atoms with E-state index in [-0.39, 0.29) is 11.1 Å². The second-order valence-electron chi connectivity index (χ2n) is 4.34. The van der Waals surface area contributed by atoms with Crippen LogP contribution >= 0.6 is 0 Å². The molecule has 0 heterocycles. The van der Waals surface area contributed by atoms with Crippen LogP contribution in [0.5, 0.6) is 0 Å². The van der Waals surface area contributed by atoms with E-state index >= 15 is 0 Å². The van der Waals surface area contributed by atoms with Crippen molar-refractivity contribution in [3.05, 3.63) is 35.4 Å². The van der Waals surface area contributed by atoms with Gasteiger partial charge in [-0.3, -0.25) is 0 Å². The molecular formula is C12H17F2N. The Morgan fingerprint density at radius 2 is 1.33 bits per heavy atom. The van der Waals surface area contributed by atoms with Crippen molar-refractivity contribution in [2.75, 3.05) is 7.05 Å². The molecule has 0 aromatic heterocycles. The van der Waals surface area contributed by atoms with Crippen LogP contribution in [0.1, 0.15) is 31.9 Å². The largest absolute Gasteiger partial charge is 0.311 e. The van der Waals surface area contributed by atoms with Gasteiger partial charge in [0.2, 0.25) is 0 Å². The standard InChI is InChI=1S/C12H17F2N/c1-11(2,15-4)9-5-7-10(8-6-9)12(3,13)14/h5-8,15H,1-4H3. The lowest BCUT2D eigenvalue weighted by Gasteiger charge is -2.25. The van der Waals surface area contributed by atoms with Gasteiger partial charge in [-0.25, -0.2) is 8.78 Å². The van der Waals surface area contributed by atoms with Gasteiger partial charge < -0.3 is 5.32 Å². The molecule has 0 aliphatic heterocycles. The van der Waals surface area contributed by atoms with E-state index in [0.29, 0.717) is 0 Å². The molecule has 0 bridgehead atoms. The Hall–Kier alpha value is -0.960. The van der Waals surface area contributed by atoms with Gasteiger partial charge in [-0.2, -0.15) is 0 Å². The summed E-state index contributed by atoms with van der Waals surface area (Å²) in [4.78, 5) is 0. The lowest BCUT2D eigenvalue weighted by atomic mass is 9.93. The van der Waals surface area contributed by atoms with E-state index in [4.69, 9.17) is 0 Å². The Labute approximate surface area is 89.5 Å². The molecule has 15 heavy (non-hydrogen) atoms. The average molecular weight is 213 g/mol. The zero-order valence-electron chi connectivity index (χ0n) is 9.57. The monoisotopic (exact) mass is 213 g/mol. The third-order valence-electron chi connectivity index (χ3n) is 2.74. The summed E-state index contributed by atoms with van der Waals surface area (Å²) in [7, 11) is 1.85. The Morgan fingerprint density at radius 3 is 1.67 bits per heavy atom. The highest BCUT2D eigenvalue weighted by molar-refractivity contribution is 5.29. The molecule has 3 heteroatoms. The smallest absolute Gasteiger partial charge is 0.270 e. The van der Waals surface area contributed by atoms with Gasteiger partial charge in [0.15, 0.2) is 0 Å². The van der Waals surface area contributed by atoms with Gasteiger partial charge >= 0.3 is 0 Å². The van der Waals surface area contributed by atoms with Gasteiger partial charge in [-0.05, 0) is 26.5 Å². The fourth-order valence-corrected chi connectivity index (χ4v) is 1.32. The summed E-state index contributed by atoms with van der Waals surface area (Å²) in [5.74, 6) is -2.76. The Bertz CT molecular complexity index is 322. The van der Waals surface area contributed by atoms with E-state index in [2.05, 4.69) is 5.32 Å². The molecule has 0 aliphatic carbocycles. The minimum absolute atomic E-state index is 0.0538. The molecular weight excluding hydrogens is 196 g/mol. The van der Waals surface area contributed by atoms with Crippen LogP contribution in [0.25, 0.3) is 0 Å². The zero-order valence-corrected chi connectivity index (χ0v) is 9.57. The van der Waals surface area contributed by atoms with Gasteiger partial charge in [0.1, 0.15) is 0 Å². The first-order valence-corrected chi connectivity index (χ1v) is 4.95. The Balaban J connectivity index is 3.01. The van der Waals surface area contributed by atoms with Crippen LogP contribution in [-0.4, -0.2) is 7.05 Å². The highest BCUT2D eigenvalue weighted by atomic mass is 19.3. The first-order chi connectivity index (χ1) is 6.77. The number of hydrogen-bond acceptors (Lipinski definition) is 1. The Kier molecular flexibility index (Phi) is 3.14. The van der Waals surface area contributed by atoms with Crippen molar-refractivity contribution in [3.63, 3.8) is 0 Å². The minimum atomic E-state index is -2.76. The fraction of sp³-hybridized carbons (Fsp3) is 0.500. The third kappa shape index (κ3) is 2.75. The molecule has 0 aliphatic rings. The van der Waals surface area contributed by atoms with Crippen LogP contribution in [0.4, 0.5) is 8.78 Å². The van der Waals surface area contributed by atoms with E-state index in [1.165, 1.54) is 12.1 Å². The summed E-state index contributed by atoms with van der Waals surface area (Å²) in [6.07, 6.45) is 0. The molecule has 1 aromatic rings. The minimum Gasteiger partial charge on any atom is -0.311 e. The van der Waals surface area contributed by atoms with E-state index in [9.17, 15) is 8.78 Å².